The maximum absolute atomic E-state index is 12.1. The molecule has 7 nitrogen and oxygen atoms in total. The van der Waals surface area contributed by atoms with Gasteiger partial charge in [-0.25, -0.2) is 0 Å². The van der Waals surface area contributed by atoms with Crippen LogP contribution in [-0.4, -0.2) is 43.8 Å². The van der Waals surface area contributed by atoms with Crippen molar-refractivity contribution in [3.63, 3.8) is 0 Å². The lowest BCUT2D eigenvalue weighted by molar-refractivity contribution is -0.141. The summed E-state index contributed by atoms with van der Waals surface area (Å²) in [5.74, 6) is -1.53. The summed E-state index contributed by atoms with van der Waals surface area (Å²) in [5, 5.41) is 25.0. The second-order valence-electron chi connectivity index (χ2n) is 5.95. The molecule has 0 aliphatic rings. The molecule has 8 heteroatoms. The molecular formula is C12H19N3O4S. The molecule has 0 bridgehead atoms. The summed E-state index contributed by atoms with van der Waals surface area (Å²) in [6.45, 7) is 6.96. The van der Waals surface area contributed by atoms with Crippen molar-refractivity contribution in [3.05, 3.63) is 10.6 Å². The lowest BCUT2D eigenvalue weighted by Crippen LogP contribution is -2.42. The molecule has 0 fully saturated rings. The number of nitrogens with one attached hydrogen (secondary N) is 1. The Balaban J connectivity index is 2.74. The van der Waals surface area contributed by atoms with E-state index in [0.29, 0.717) is 10.6 Å². The van der Waals surface area contributed by atoms with Gasteiger partial charge in [-0.15, -0.1) is 5.10 Å². The average molecular weight is 301 g/mol. The maximum Gasteiger partial charge on any atom is 0.306 e. The third kappa shape index (κ3) is 4.53. The number of aromatic nitrogens is 2. The van der Waals surface area contributed by atoms with Crippen molar-refractivity contribution in [2.24, 2.45) is 0 Å². The van der Waals surface area contributed by atoms with E-state index in [0.717, 1.165) is 11.5 Å². The molecule has 1 rings (SSSR count). The highest BCUT2D eigenvalue weighted by Gasteiger charge is 2.29. The van der Waals surface area contributed by atoms with Gasteiger partial charge in [0.2, 0.25) is 0 Å². The Morgan fingerprint density at radius 3 is 2.40 bits per heavy atom. The molecule has 0 saturated carbocycles. The summed E-state index contributed by atoms with van der Waals surface area (Å²) >= 11 is 0.978. The van der Waals surface area contributed by atoms with Gasteiger partial charge in [-0.05, 0) is 18.5 Å². The van der Waals surface area contributed by atoms with Crippen LogP contribution in [0.1, 0.15) is 49.5 Å². The number of carboxylic acid groups (broad SMARTS) is 1. The Morgan fingerprint density at radius 2 is 1.90 bits per heavy atom. The van der Waals surface area contributed by atoms with Gasteiger partial charge < -0.3 is 15.5 Å². The first-order valence-corrected chi connectivity index (χ1v) is 6.85. The Hall–Kier alpha value is -1.54. The number of nitrogens with zero attached hydrogens (tertiary/aromatic N) is 2. The first-order chi connectivity index (χ1) is 9.03. The Bertz CT molecular complexity index is 505. The smallest absolute Gasteiger partial charge is 0.306 e. The third-order valence-electron chi connectivity index (χ3n) is 2.57. The van der Waals surface area contributed by atoms with E-state index >= 15 is 0 Å². The fourth-order valence-electron chi connectivity index (χ4n) is 1.57. The maximum atomic E-state index is 12.1. The number of aliphatic carboxylic acids is 1. The van der Waals surface area contributed by atoms with Crippen LogP contribution in [0.25, 0.3) is 0 Å². The van der Waals surface area contributed by atoms with Crippen molar-refractivity contribution in [2.45, 2.75) is 45.1 Å². The predicted molar refractivity (Wildman–Crippen MR) is 73.8 cm³/mol. The second-order valence-corrected chi connectivity index (χ2v) is 6.70. The summed E-state index contributed by atoms with van der Waals surface area (Å²) < 4.78 is 3.78. The molecule has 3 N–H and O–H groups in total. The zero-order chi connectivity index (χ0) is 15.6. The van der Waals surface area contributed by atoms with E-state index < -0.39 is 23.9 Å². The molecule has 1 atom stereocenters. The van der Waals surface area contributed by atoms with Gasteiger partial charge in [0, 0.05) is 12.0 Å². The van der Waals surface area contributed by atoms with Gasteiger partial charge in [0.1, 0.15) is 4.88 Å². The predicted octanol–water partition coefficient (Wildman–Crippen LogP) is 0.791. The van der Waals surface area contributed by atoms with E-state index in [1.54, 1.807) is 0 Å². The van der Waals surface area contributed by atoms with E-state index in [9.17, 15) is 14.7 Å². The van der Waals surface area contributed by atoms with E-state index in [1.807, 2.05) is 20.8 Å². The molecule has 1 amide bonds. The third-order valence-corrected chi connectivity index (χ3v) is 3.29. The van der Waals surface area contributed by atoms with Crippen molar-refractivity contribution in [1.82, 2.24) is 14.9 Å². The topological polar surface area (TPSA) is 112 Å². The number of hydrogen-bond donors (Lipinski definition) is 3. The van der Waals surface area contributed by atoms with Crippen molar-refractivity contribution >= 4 is 23.4 Å². The van der Waals surface area contributed by atoms with Crippen LogP contribution in [0.3, 0.4) is 0 Å². The van der Waals surface area contributed by atoms with Gasteiger partial charge >= 0.3 is 5.97 Å². The highest BCUT2D eigenvalue weighted by Crippen LogP contribution is 2.25. The average Bonchev–Trinajstić information content (AvgIpc) is 2.72. The van der Waals surface area contributed by atoms with Crippen LogP contribution >= 0.6 is 11.5 Å². The van der Waals surface area contributed by atoms with Crippen molar-refractivity contribution in [1.29, 1.82) is 0 Å². The summed E-state index contributed by atoms with van der Waals surface area (Å²) in [6, 6.07) is 0. The minimum absolute atomic E-state index is 0.153. The molecule has 1 aromatic rings. The number of rotatable bonds is 5. The van der Waals surface area contributed by atoms with E-state index in [-0.39, 0.29) is 12.0 Å². The fraction of sp³-hybridized carbons (Fsp3) is 0.667. The minimum atomic E-state index is -1.50. The second kappa shape index (κ2) is 5.84. The lowest BCUT2D eigenvalue weighted by atomic mass is 9.91. The number of carboxylic acids is 1. The van der Waals surface area contributed by atoms with E-state index in [2.05, 4.69) is 14.9 Å². The SMILES string of the molecule is CC(O)(CNC(=O)c1snnc1C(C)(C)C)CC(=O)O. The molecule has 0 aliphatic carbocycles. The highest BCUT2D eigenvalue weighted by atomic mass is 32.1. The Kier molecular flexibility index (Phi) is 4.82. The van der Waals surface area contributed by atoms with Crippen LogP contribution < -0.4 is 5.32 Å². The van der Waals surface area contributed by atoms with E-state index in [4.69, 9.17) is 5.11 Å². The summed E-state index contributed by atoms with van der Waals surface area (Å²) in [7, 11) is 0. The van der Waals surface area contributed by atoms with Crippen LogP contribution in [-0.2, 0) is 10.2 Å². The molecule has 1 unspecified atom stereocenters. The van der Waals surface area contributed by atoms with Crippen molar-refractivity contribution in [3.8, 4) is 0 Å². The van der Waals surface area contributed by atoms with Gasteiger partial charge in [-0.2, -0.15) is 0 Å². The van der Waals surface area contributed by atoms with Crippen LogP contribution in [0.2, 0.25) is 0 Å². The first kappa shape index (κ1) is 16.5. The monoisotopic (exact) mass is 301 g/mol. The summed E-state index contributed by atoms with van der Waals surface area (Å²) in [6.07, 6.45) is -0.444. The molecule has 0 aliphatic heterocycles. The van der Waals surface area contributed by atoms with Crippen molar-refractivity contribution < 1.29 is 19.8 Å². The quantitative estimate of drug-likeness (QED) is 0.741. The summed E-state index contributed by atoms with van der Waals surface area (Å²) in [5.41, 5.74) is -1.23. The minimum Gasteiger partial charge on any atom is -0.481 e. The Morgan fingerprint density at radius 1 is 1.30 bits per heavy atom. The molecule has 20 heavy (non-hydrogen) atoms. The number of carbonyl (C=O) groups excluding carboxylic acids is 1. The lowest BCUT2D eigenvalue weighted by Gasteiger charge is -2.22. The zero-order valence-electron chi connectivity index (χ0n) is 11.9. The van der Waals surface area contributed by atoms with Crippen LogP contribution in [0, 0.1) is 0 Å². The Labute approximate surface area is 121 Å². The summed E-state index contributed by atoms with van der Waals surface area (Å²) in [4.78, 5) is 23.0. The van der Waals surface area contributed by atoms with Gasteiger partial charge in [-0.3, -0.25) is 9.59 Å². The molecule has 0 saturated heterocycles. The van der Waals surface area contributed by atoms with E-state index in [1.165, 1.54) is 6.92 Å². The van der Waals surface area contributed by atoms with Gasteiger partial charge in [-0.1, -0.05) is 25.3 Å². The van der Waals surface area contributed by atoms with Crippen LogP contribution in [0.15, 0.2) is 0 Å². The number of hydrogen-bond acceptors (Lipinski definition) is 6. The number of carbonyl (C=O) groups is 2. The van der Waals surface area contributed by atoms with Gasteiger partial charge in [0.25, 0.3) is 5.91 Å². The molecule has 0 aromatic carbocycles. The largest absolute Gasteiger partial charge is 0.481 e. The number of amides is 1. The molecule has 1 heterocycles. The van der Waals surface area contributed by atoms with Gasteiger partial charge in [0.05, 0.1) is 17.7 Å². The van der Waals surface area contributed by atoms with Crippen molar-refractivity contribution in [2.75, 3.05) is 6.54 Å². The highest BCUT2D eigenvalue weighted by molar-refractivity contribution is 7.08. The fourth-order valence-corrected chi connectivity index (χ4v) is 2.36. The first-order valence-electron chi connectivity index (χ1n) is 6.08. The molecule has 0 radical (unpaired) electrons. The number of aliphatic hydroxyl groups is 1. The van der Waals surface area contributed by atoms with Crippen LogP contribution in [0.4, 0.5) is 0 Å². The molecule has 0 spiro atoms. The van der Waals surface area contributed by atoms with Gasteiger partial charge in [0.15, 0.2) is 0 Å². The molecule has 112 valence electrons. The molecule has 1 aromatic heterocycles. The normalized spacial score (nSPS) is 14.7. The molecular weight excluding hydrogens is 282 g/mol. The van der Waals surface area contributed by atoms with Crippen LogP contribution in [0.5, 0.6) is 0 Å². The standard InChI is InChI=1S/C12H19N3O4S/c1-11(2,3)9-8(20-15-14-9)10(18)13-6-12(4,19)5-7(16)17/h19H,5-6H2,1-4H3,(H,13,18)(H,16,17). The zero-order valence-corrected chi connectivity index (χ0v) is 12.7.